The molecular weight excluding hydrogens is 322 g/mol. The van der Waals surface area contributed by atoms with Gasteiger partial charge in [-0.05, 0) is 30.4 Å². The number of H-pyrrole nitrogens is 1. The zero-order chi connectivity index (χ0) is 16.8. The molecule has 3 aromatic rings. The molecule has 0 spiro atoms. The average molecular weight is 337 g/mol. The summed E-state index contributed by atoms with van der Waals surface area (Å²) < 4.78 is 0. The Kier molecular flexibility index (Phi) is 4.83. The monoisotopic (exact) mass is 337 g/mol. The SMILES string of the molecule is O=C(NNC(=S)Nc1ccccc1)c1cc(-c2ccccc2)n[nH]1. The van der Waals surface area contributed by atoms with Crippen LogP contribution in [0.25, 0.3) is 11.3 Å². The summed E-state index contributed by atoms with van der Waals surface area (Å²) in [5.74, 6) is -0.359. The van der Waals surface area contributed by atoms with Crippen LogP contribution in [0.15, 0.2) is 66.7 Å². The summed E-state index contributed by atoms with van der Waals surface area (Å²) in [5.41, 5.74) is 7.97. The number of carbonyl (C=O) groups excluding carboxylic acids is 1. The van der Waals surface area contributed by atoms with Crippen molar-refractivity contribution in [3.05, 3.63) is 72.4 Å². The summed E-state index contributed by atoms with van der Waals surface area (Å²) in [6, 6.07) is 20.7. The van der Waals surface area contributed by atoms with Gasteiger partial charge in [-0.1, -0.05) is 48.5 Å². The maximum Gasteiger partial charge on any atom is 0.287 e. The first-order chi connectivity index (χ1) is 11.7. The van der Waals surface area contributed by atoms with Crippen LogP contribution >= 0.6 is 12.2 Å². The number of hydrazine groups is 1. The first-order valence-corrected chi connectivity index (χ1v) is 7.66. The highest BCUT2D eigenvalue weighted by Crippen LogP contribution is 2.16. The van der Waals surface area contributed by atoms with Crippen molar-refractivity contribution >= 4 is 28.9 Å². The van der Waals surface area contributed by atoms with E-state index >= 15 is 0 Å². The highest BCUT2D eigenvalue weighted by Gasteiger charge is 2.11. The van der Waals surface area contributed by atoms with Crippen LogP contribution in [-0.4, -0.2) is 21.2 Å². The van der Waals surface area contributed by atoms with Gasteiger partial charge in [0.2, 0.25) is 0 Å². The molecule has 0 atom stereocenters. The van der Waals surface area contributed by atoms with Gasteiger partial charge in [-0.3, -0.25) is 20.7 Å². The Morgan fingerprint density at radius 3 is 2.33 bits per heavy atom. The fourth-order valence-corrected chi connectivity index (χ4v) is 2.23. The van der Waals surface area contributed by atoms with Crippen LogP contribution in [-0.2, 0) is 0 Å². The van der Waals surface area contributed by atoms with E-state index in [0.717, 1.165) is 11.3 Å². The van der Waals surface area contributed by atoms with Gasteiger partial charge in [-0.2, -0.15) is 5.10 Å². The van der Waals surface area contributed by atoms with E-state index < -0.39 is 0 Å². The van der Waals surface area contributed by atoms with E-state index in [1.54, 1.807) is 6.07 Å². The molecule has 7 heteroatoms. The molecule has 4 N–H and O–H groups in total. The van der Waals surface area contributed by atoms with E-state index in [9.17, 15) is 4.79 Å². The average Bonchev–Trinajstić information content (AvgIpc) is 3.11. The summed E-state index contributed by atoms with van der Waals surface area (Å²) in [6.45, 7) is 0. The third-order valence-electron chi connectivity index (χ3n) is 3.21. The largest absolute Gasteiger partial charge is 0.331 e. The predicted octanol–water partition coefficient (Wildman–Crippen LogP) is 2.71. The fourth-order valence-electron chi connectivity index (χ4n) is 2.06. The summed E-state index contributed by atoms with van der Waals surface area (Å²) >= 11 is 5.12. The standard InChI is InChI=1S/C17H15N5OS/c23-16(21-22-17(24)18-13-9-5-2-6-10-13)15-11-14(19-20-15)12-7-3-1-4-8-12/h1-11H,(H,19,20)(H,21,23)(H2,18,22,24). The van der Waals surface area contributed by atoms with Crippen molar-refractivity contribution in [2.24, 2.45) is 0 Å². The number of rotatable bonds is 3. The minimum Gasteiger partial charge on any atom is -0.331 e. The number of nitrogens with one attached hydrogen (secondary N) is 4. The Labute approximate surface area is 144 Å². The molecule has 0 fully saturated rings. The maximum atomic E-state index is 12.1. The quantitative estimate of drug-likeness (QED) is 0.436. The van der Waals surface area contributed by atoms with Gasteiger partial charge in [0.1, 0.15) is 5.69 Å². The van der Waals surface area contributed by atoms with Crippen LogP contribution in [0.3, 0.4) is 0 Å². The van der Waals surface area contributed by atoms with Crippen LogP contribution in [0.1, 0.15) is 10.5 Å². The fraction of sp³-hybridized carbons (Fsp3) is 0. The van der Waals surface area contributed by atoms with Crippen molar-refractivity contribution in [2.75, 3.05) is 5.32 Å². The third-order valence-corrected chi connectivity index (χ3v) is 3.42. The molecule has 1 aromatic heterocycles. The number of hydrogen-bond donors (Lipinski definition) is 4. The minimum absolute atomic E-state index is 0.289. The van der Waals surface area contributed by atoms with Crippen LogP contribution in [0.2, 0.25) is 0 Å². The number of benzene rings is 2. The molecule has 0 unspecified atom stereocenters. The van der Waals surface area contributed by atoms with Crippen molar-refractivity contribution in [2.45, 2.75) is 0 Å². The first-order valence-electron chi connectivity index (χ1n) is 7.25. The molecule has 0 aliphatic heterocycles. The topological polar surface area (TPSA) is 81.8 Å². The summed E-state index contributed by atoms with van der Waals surface area (Å²) in [4.78, 5) is 12.1. The van der Waals surface area contributed by atoms with Gasteiger partial charge in [0.15, 0.2) is 5.11 Å². The van der Waals surface area contributed by atoms with E-state index in [0.29, 0.717) is 11.4 Å². The van der Waals surface area contributed by atoms with Crippen molar-refractivity contribution in [3.63, 3.8) is 0 Å². The highest BCUT2D eigenvalue weighted by atomic mass is 32.1. The van der Waals surface area contributed by atoms with Gasteiger partial charge in [-0.25, -0.2) is 0 Å². The highest BCUT2D eigenvalue weighted by molar-refractivity contribution is 7.80. The second-order valence-corrected chi connectivity index (χ2v) is 5.34. The number of amides is 1. The van der Waals surface area contributed by atoms with Gasteiger partial charge < -0.3 is 5.32 Å². The molecule has 1 amide bonds. The van der Waals surface area contributed by atoms with Gasteiger partial charge in [-0.15, -0.1) is 0 Å². The van der Waals surface area contributed by atoms with Crippen molar-refractivity contribution in [1.29, 1.82) is 0 Å². The Hall–Kier alpha value is -3.19. The van der Waals surface area contributed by atoms with Crippen LogP contribution in [0.4, 0.5) is 5.69 Å². The number of aromatic amines is 1. The lowest BCUT2D eigenvalue weighted by Gasteiger charge is -2.10. The molecule has 2 aromatic carbocycles. The number of hydrogen-bond acceptors (Lipinski definition) is 3. The number of anilines is 1. The molecule has 0 radical (unpaired) electrons. The molecule has 0 bridgehead atoms. The van der Waals surface area contributed by atoms with E-state index in [1.165, 1.54) is 0 Å². The zero-order valence-corrected chi connectivity index (χ0v) is 13.4. The molecule has 120 valence electrons. The van der Waals surface area contributed by atoms with Crippen molar-refractivity contribution < 1.29 is 4.79 Å². The van der Waals surface area contributed by atoms with Crippen LogP contribution < -0.4 is 16.2 Å². The molecular formula is C17H15N5OS. The van der Waals surface area contributed by atoms with Crippen LogP contribution in [0.5, 0.6) is 0 Å². The molecule has 0 saturated heterocycles. The number of carbonyl (C=O) groups is 1. The lowest BCUT2D eigenvalue weighted by Crippen LogP contribution is -2.43. The molecule has 6 nitrogen and oxygen atoms in total. The predicted molar refractivity (Wildman–Crippen MR) is 97.3 cm³/mol. The third kappa shape index (κ3) is 3.96. The number of aromatic nitrogens is 2. The molecule has 0 aliphatic rings. The van der Waals surface area contributed by atoms with E-state index in [2.05, 4.69) is 26.4 Å². The second-order valence-electron chi connectivity index (χ2n) is 4.93. The van der Waals surface area contributed by atoms with E-state index in [1.807, 2.05) is 60.7 Å². The second kappa shape index (κ2) is 7.38. The van der Waals surface area contributed by atoms with Gasteiger partial charge in [0, 0.05) is 11.3 Å². The van der Waals surface area contributed by atoms with Gasteiger partial charge in [0.05, 0.1) is 5.69 Å². The Balaban J connectivity index is 1.56. The zero-order valence-electron chi connectivity index (χ0n) is 12.6. The van der Waals surface area contributed by atoms with Crippen molar-refractivity contribution in [3.8, 4) is 11.3 Å². The Bertz CT molecular complexity index is 832. The molecule has 1 heterocycles. The van der Waals surface area contributed by atoms with Gasteiger partial charge in [0.25, 0.3) is 5.91 Å². The van der Waals surface area contributed by atoms with E-state index in [4.69, 9.17) is 12.2 Å². The lowest BCUT2D eigenvalue weighted by atomic mass is 10.1. The maximum absolute atomic E-state index is 12.1. The number of nitrogens with zero attached hydrogens (tertiary/aromatic N) is 1. The van der Waals surface area contributed by atoms with Gasteiger partial charge >= 0.3 is 0 Å². The summed E-state index contributed by atoms with van der Waals surface area (Å²) in [7, 11) is 0. The molecule has 0 saturated carbocycles. The smallest absolute Gasteiger partial charge is 0.287 e. The van der Waals surface area contributed by atoms with Crippen molar-refractivity contribution in [1.82, 2.24) is 21.0 Å². The minimum atomic E-state index is -0.359. The molecule has 0 aliphatic carbocycles. The Morgan fingerprint density at radius 1 is 0.958 bits per heavy atom. The molecule has 24 heavy (non-hydrogen) atoms. The number of thiocarbonyl (C=S) groups is 1. The summed E-state index contributed by atoms with van der Waals surface area (Å²) in [6.07, 6.45) is 0. The first kappa shape index (κ1) is 15.7. The normalized spacial score (nSPS) is 10.0. The molecule has 3 rings (SSSR count). The Morgan fingerprint density at radius 2 is 1.62 bits per heavy atom. The van der Waals surface area contributed by atoms with Crippen LogP contribution in [0, 0.1) is 0 Å². The number of para-hydroxylation sites is 1. The summed E-state index contributed by atoms with van der Waals surface area (Å²) in [5, 5.41) is 10.1. The van der Waals surface area contributed by atoms with E-state index in [-0.39, 0.29) is 11.0 Å². The lowest BCUT2D eigenvalue weighted by molar-refractivity contribution is 0.0939.